The van der Waals surface area contributed by atoms with Crippen LogP contribution in [-0.4, -0.2) is 52.6 Å². The summed E-state index contributed by atoms with van der Waals surface area (Å²) in [7, 11) is 0. The topological polar surface area (TPSA) is 81.7 Å². The quantitative estimate of drug-likeness (QED) is 0.470. The van der Waals surface area contributed by atoms with Gasteiger partial charge in [-0.15, -0.1) is 0 Å². The molecule has 7 heteroatoms. The number of nitrogens with one attached hydrogen (secondary N) is 2. The first-order valence-corrected chi connectivity index (χ1v) is 19.4. The molecule has 1 aliphatic carbocycles. The van der Waals surface area contributed by atoms with Gasteiger partial charge < -0.3 is 0 Å². The molecule has 1 aliphatic rings. The molecular weight excluding hydrogens is 437 g/mol. The van der Waals surface area contributed by atoms with Gasteiger partial charge in [-0.2, -0.15) is 0 Å². The average Bonchev–Trinajstić information content (AvgIpc) is 2.59. The van der Waals surface area contributed by atoms with Gasteiger partial charge in [0.1, 0.15) is 0 Å². The van der Waals surface area contributed by atoms with E-state index in [9.17, 15) is 14.7 Å². The molecule has 3 amide bonds. The van der Waals surface area contributed by atoms with E-state index in [0.29, 0.717) is 12.8 Å². The number of anilines is 1. The van der Waals surface area contributed by atoms with E-state index in [2.05, 4.69) is 31.6 Å². The summed E-state index contributed by atoms with van der Waals surface area (Å²) in [6.45, 7) is 1.74. The van der Waals surface area contributed by atoms with Crippen molar-refractivity contribution in [1.82, 2.24) is 10.4 Å². The standard InChI is InChI=1S/C16H22N3O3.3CH3.Sn/c1-2-15(21)18-19(13-10-6-7-11-14(13)20)16(22)17-12-8-4-3-5-9-12;;;;/h3-4,8-9,13-14,20H,2,6-7,10-11H2,1H3,(H,17,22)(H,18,21);3*1H3;. The van der Waals surface area contributed by atoms with Crippen LogP contribution in [0.15, 0.2) is 24.3 Å². The van der Waals surface area contributed by atoms with E-state index in [-0.39, 0.29) is 12.3 Å². The Kier molecular flexibility index (Phi) is 7.34. The number of rotatable bonds is 4. The molecule has 0 aromatic heterocycles. The van der Waals surface area contributed by atoms with E-state index < -0.39 is 36.6 Å². The van der Waals surface area contributed by atoms with Crippen molar-refractivity contribution >= 4 is 39.6 Å². The molecule has 0 heterocycles. The van der Waals surface area contributed by atoms with Gasteiger partial charge in [0.25, 0.3) is 0 Å². The van der Waals surface area contributed by atoms with Crippen molar-refractivity contribution in [3.8, 4) is 0 Å². The van der Waals surface area contributed by atoms with Gasteiger partial charge in [-0.1, -0.05) is 0 Å². The molecule has 2 unspecified atom stereocenters. The number of hydrogen-bond donors (Lipinski definition) is 3. The van der Waals surface area contributed by atoms with Crippen LogP contribution < -0.4 is 14.3 Å². The first-order valence-electron chi connectivity index (χ1n) is 9.40. The molecule has 0 saturated heterocycles. The molecular formula is C19H31N3O3Sn. The van der Waals surface area contributed by atoms with Gasteiger partial charge in [0, 0.05) is 0 Å². The minimum atomic E-state index is -2.24. The first-order chi connectivity index (χ1) is 12.2. The molecule has 6 nitrogen and oxygen atoms in total. The number of hydrazine groups is 1. The maximum absolute atomic E-state index is 12.9. The Labute approximate surface area is 160 Å². The van der Waals surface area contributed by atoms with Crippen molar-refractivity contribution in [2.75, 3.05) is 5.32 Å². The predicted molar refractivity (Wildman–Crippen MR) is 107 cm³/mol. The number of nitrogens with zero attached hydrogens (tertiary/aromatic N) is 1. The van der Waals surface area contributed by atoms with Crippen molar-refractivity contribution in [3.63, 3.8) is 0 Å². The van der Waals surface area contributed by atoms with Crippen LogP contribution >= 0.6 is 0 Å². The maximum atomic E-state index is 12.9. The molecule has 1 fully saturated rings. The molecule has 2 atom stereocenters. The van der Waals surface area contributed by atoms with Gasteiger partial charge in [-0.05, 0) is 0 Å². The van der Waals surface area contributed by atoms with Crippen molar-refractivity contribution in [2.24, 2.45) is 0 Å². The molecule has 0 aliphatic heterocycles. The number of benzene rings is 1. The van der Waals surface area contributed by atoms with Crippen molar-refractivity contribution in [2.45, 2.75) is 66.0 Å². The van der Waals surface area contributed by atoms with Crippen LogP contribution in [0.25, 0.3) is 0 Å². The van der Waals surface area contributed by atoms with Crippen LogP contribution in [0.1, 0.15) is 39.0 Å². The van der Waals surface area contributed by atoms with Gasteiger partial charge in [0.05, 0.1) is 0 Å². The molecule has 0 bridgehead atoms. The van der Waals surface area contributed by atoms with Crippen molar-refractivity contribution in [1.29, 1.82) is 0 Å². The number of aliphatic hydroxyl groups excluding tert-OH is 1. The van der Waals surface area contributed by atoms with Crippen LogP contribution in [0.2, 0.25) is 14.8 Å². The Bertz CT molecular complexity index is 645. The summed E-state index contributed by atoms with van der Waals surface area (Å²) in [6, 6.07) is 7.16. The fourth-order valence-corrected chi connectivity index (χ4v) is 6.52. The predicted octanol–water partition coefficient (Wildman–Crippen LogP) is 2.81. The fraction of sp³-hybridized carbons (Fsp3) is 0.579. The Morgan fingerprint density at radius 3 is 2.54 bits per heavy atom. The van der Waals surface area contributed by atoms with Gasteiger partial charge in [-0.3, -0.25) is 0 Å². The molecule has 144 valence electrons. The summed E-state index contributed by atoms with van der Waals surface area (Å²) in [6.07, 6.45) is 2.85. The number of hydrogen-bond acceptors (Lipinski definition) is 3. The third-order valence-corrected chi connectivity index (χ3v) is 10.6. The molecule has 1 aromatic rings. The molecule has 2 rings (SSSR count). The summed E-state index contributed by atoms with van der Waals surface area (Å²) in [5, 5.41) is 14.5. The van der Waals surface area contributed by atoms with E-state index in [1.165, 1.54) is 8.59 Å². The SMILES string of the molecule is CCC(=O)NN(C(=O)Nc1ccc[c]([Sn]([CH3])([CH3])[CH3])c1)C1CCCCC1O. The van der Waals surface area contributed by atoms with E-state index in [0.717, 1.165) is 18.5 Å². The van der Waals surface area contributed by atoms with Gasteiger partial charge >= 0.3 is 160 Å². The van der Waals surface area contributed by atoms with E-state index in [4.69, 9.17) is 0 Å². The van der Waals surface area contributed by atoms with Crippen LogP contribution in [-0.2, 0) is 4.79 Å². The number of amides is 3. The third-order valence-electron chi connectivity index (χ3n) is 4.79. The van der Waals surface area contributed by atoms with Crippen LogP contribution in [0.3, 0.4) is 0 Å². The van der Waals surface area contributed by atoms with Gasteiger partial charge in [0.15, 0.2) is 0 Å². The van der Waals surface area contributed by atoms with Gasteiger partial charge in [0.2, 0.25) is 0 Å². The van der Waals surface area contributed by atoms with Crippen LogP contribution in [0.4, 0.5) is 10.5 Å². The zero-order valence-electron chi connectivity index (χ0n) is 16.2. The van der Waals surface area contributed by atoms with Crippen LogP contribution in [0.5, 0.6) is 0 Å². The molecule has 1 aromatic carbocycles. The molecule has 26 heavy (non-hydrogen) atoms. The first kappa shape index (κ1) is 21.0. The second-order valence-electron chi connectivity index (χ2n) is 7.94. The van der Waals surface area contributed by atoms with E-state index in [1.807, 2.05) is 18.2 Å². The molecule has 0 radical (unpaired) electrons. The zero-order chi connectivity index (χ0) is 19.3. The number of aliphatic hydroxyl groups is 1. The van der Waals surface area contributed by atoms with Gasteiger partial charge in [-0.25, -0.2) is 0 Å². The summed E-state index contributed by atoms with van der Waals surface area (Å²) in [5.41, 5.74) is 3.39. The number of carbonyl (C=O) groups is 2. The second-order valence-corrected chi connectivity index (χ2v) is 22.4. The molecule has 1 saturated carbocycles. The Morgan fingerprint density at radius 1 is 1.23 bits per heavy atom. The summed E-state index contributed by atoms with van der Waals surface area (Å²) in [5.74, 6) is -0.238. The Hall–Kier alpha value is -1.28. The minimum absolute atomic E-state index is 0.238. The Morgan fingerprint density at radius 2 is 1.92 bits per heavy atom. The number of urea groups is 1. The third kappa shape index (κ3) is 5.61. The normalized spacial score (nSPS) is 20.3. The monoisotopic (exact) mass is 469 g/mol. The van der Waals surface area contributed by atoms with E-state index in [1.54, 1.807) is 6.92 Å². The summed E-state index contributed by atoms with van der Waals surface area (Å²) in [4.78, 5) is 31.7. The second kappa shape index (κ2) is 9.08. The average molecular weight is 468 g/mol. The van der Waals surface area contributed by atoms with E-state index >= 15 is 0 Å². The summed E-state index contributed by atoms with van der Waals surface area (Å²) >= 11 is -2.24. The van der Waals surface area contributed by atoms with Crippen molar-refractivity contribution in [3.05, 3.63) is 24.3 Å². The molecule has 0 spiro atoms. The molecule has 3 N–H and O–H groups in total. The fourth-order valence-electron chi connectivity index (χ4n) is 3.14. The Balaban J connectivity index is 2.19. The van der Waals surface area contributed by atoms with Crippen LogP contribution in [0, 0.1) is 0 Å². The number of carbonyl (C=O) groups excluding carboxylic acids is 2. The zero-order valence-corrected chi connectivity index (χ0v) is 19.1. The van der Waals surface area contributed by atoms with Crippen molar-refractivity contribution < 1.29 is 14.7 Å². The summed E-state index contributed by atoms with van der Waals surface area (Å²) < 4.78 is 1.32.